The van der Waals surface area contributed by atoms with Crippen molar-refractivity contribution in [2.24, 2.45) is 0 Å². The molecule has 1 aromatic heterocycles. The van der Waals surface area contributed by atoms with Crippen molar-refractivity contribution in [1.29, 1.82) is 5.26 Å². The van der Waals surface area contributed by atoms with Crippen LogP contribution in [0.5, 0.6) is 12.0 Å². The molecule has 0 aromatic carbocycles. The Morgan fingerprint density at radius 1 is 1.45 bits per heavy atom. The number of rotatable bonds is 2. The molecule has 0 saturated heterocycles. The number of methoxy groups -OCH3 is 2. The van der Waals surface area contributed by atoms with Crippen molar-refractivity contribution in [2.75, 3.05) is 14.2 Å². The van der Waals surface area contributed by atoms with Crippen LogP contribution in [-0.2, 0) is 0 Å². The molecule has 0 aliphatic carbocycles. The van der Waals surface area contributed by atoms with E-state index in [0.29, 0.717) is 0 Å². The van der Waals surface area contributed by atoms with Gasteiger partial charge in [-0.1, -0.05) is 0 Å². The van der Waals surface area contributed by atoms with Gasteiger partial charge < -0.3 is 13.9 Å². The smallest absolute Gasteiger partial charge is 0.397 e. The molecule has 0 aliphatic rings. The Bertz CT molecular complexity index is 287. The van der Waals surface area contributed by atoms with Gasteiger partial charge in [0, 0.05) is 0 Å². The zero-order chi connectivity index (χ0) is 8.27. The second-order valence-electron chi connectivity index (χ2n) is 1.64. The van der Waals surface area contributed by atoms with Crippen LogP contribution in [0.1, 0.15) is 5.69 Å². The minimum atomic E-state index is 0.0263. The van der Waals surface area contributed by atoms with E-state index in [2.05, 4.69) is 14.5 Å². The van der Waals surface area contributed by atoms with E-state index in [4.69, 9.17) is 9.68 Å². The van der Waals surface area contributed by atoms with E-state index in [1.54, 1.807) is 6.07 Å². The summed E-state index contributed by atoms with van der Waals surface area (Å²) in [6.45, 7) is 0. The molecular weight excluding hydrogens is 148 g/mol. The van der Waals surface area contributed by atoms with E-state index in [1.165, 1.54) is 14.2 Å². The number of nitrogens with zero attached hydrogens (tertiary/aromatic N) is 2. The molecule has 0 bridgehead atoms. The van der Waals surface area contributed by atoms with Gasteiger partial charge in [0.05, 0.1) is 14.2 Å². The maximum atomic E-state index is 8.45. The van der Waals surface area contributed by atoms with Crippen LogP contribution in [0.25, 0.3) is 0 Å². The standard InChI is InChI=1S/C6H6N2O3/c1-9-5-4(3-7)8-6(10-2)11-5/h1-2H3. The van der Waals surface area contributed by atoms with Gasteiger partial charge in [0.25, 0.3) is 0 Å². The van der Waals surface area contributed by atoms with Gasteiger partial charge in [0.1, 0.15) is 6.07 Å². The number of oxazole rings is 1. The van der Waals surface area contributed by atoms with E-state index < -0.39 is 0 Å². The van der Waals surface area contributed by atoms with Crippen LogP contribution in [0.15, 0.2) is 4.42 Å². The lowest BCUT2D eigenvalue weighted by Crippen LogP contribution is -1.82. The second kappa shape index (κ2) is 2.92. The largest absolute Gasteiger partial charge is 0.466 e. The molecule has 1 rings (SSSR count). The first-order valence-electron chi connectivity index (χ1n) is 2.80. The summed E-state index contributed by atoms with van der Waals surface area (Å²) in [5, 5.41) is 8.45. The molecule has 0 fully saturated rings. The van der Waals surface area contributed by atoms with Crippen LogP contribution in [0.3, 0.4) is 0 Å². The molecule has 0 saturated carbocycles. The highest BCUT2D eigenvalue weighted by Gasteiger charge is 2.12. The first kappa shape index (κ1) is 7.41. The van der Waals surface area contributed by atoms with Crippen molar-refractivity contribution in [1.82, 2.24) is 4.98 Å². The van der Waals surface area contributed by atoms with Crippen molar-refractivity contribution < 1.29 is 13.9 Å². The fourth-order valence-electron chi connectivity index (χ4n) is 0.584. The monoisotopic (exact) mass is 154 g/mol. The first-order chi connectivity index (χ1) is 5.31. The minimum Gasteiger partial charge on any atom is -0.466 e. The molecule has 58 valence electrons. The number of nitriles is 1. The number of ether oxygens (including phenoxy) is 2. The molecular formula is C6H6N2O3. The predicted octanol–water partition coefficient (Wildman–Crippen LogP) is 0.563. The zero-order valence-corrected chi connectivity index (χ0v) is 6.12. The summed E-state index contributed by atoms with van der Waals surface area (Å²) >= 11 is 0. The third kappa shape index (κ3) is 1.24. The zero-order valence-electron chi connectivity index (χ0n) is 6.12. The highest BCUT2D eigenvalue weighted by atomic mass is 16.7. The molecule has 1 aromatic rings. The van der Waals surface area contributed by atoms with Crippen molar-refractivity contribution in [2.45, 2.75) is 0 Å². The van der Waals surface area contributed by atoms with Crippen LogP contribution in [0, 0.1) is 11.3 Å². The molecule has 0 aliphatic heterocycles. The van der Waals surface area contributed by atoms with Gasteiger partial charge >= 0.3 is 12.0 Å². The lowest BCUT2D eigenvalue weighted by Gasteiger charge is -1.89. The molecule has 0 amide bonds. The first-order valence-corrected chi connectivity index (χ1v) is 2.80. The summed E-state index contributed by atoms with van der Waals surface area (Å²) in [6.07, 6.45) is 0.0263. The summed E-state index contributed by atoms with van der Waals surface area (Å²) in [5.41, 5.74) is 0.0874. The maximum absolute atomic E-state index is 8.45. The van der Waals surface area contributed by atoms with Crippen LogP contribution in [0.4, 0.5) is 0 Å². The third-order valence-electron chi connectivity index (χ3n) is 1.04. The van der Waals surface area contributed by atoms with Gasteiger partial charge in [-0.3, -0.25) is 0 Å². The number of aromatic nitrogens is 1. The Morgan fingerprint density at radius 2 is 2.18 bits per heavy atom. The number of hydrogen-bond acceptors (Lipinski definition) is 5. The molecule has 0 atom stereocenters. The van der Waals surface area contributed by atoms with E-state index in [9.17, 15) is 0 Å². The molecule has 1 heterocycles. The van der Waals surface area contributed by atoms with Gasteiger partial charge in [-0.2, -0.15) is 10.2 Å². The van der Waals surface area contributed by atoms with Gasteiger partial charge in [0.15, 0.2) is 0 Å². The van der Waals surface area contributed by atoms with Crippen molar-refractivity contribution in [3.05, 3.63) is 5.69 Å². The van der Waals surface area contributed by atoms with Crippen molar-refractivity contribution in [3.8, 4) is 18.1 Å². The highest BCUT2D eigenvalue weighted by Crippen LogP contribution is 2.22. The highest BCUT2D eigenvalue weighted by molar-refractivity contribution is 5.30. The van der Waals surface area contributed by atoms with Gasteiger partial charge in [0.2, 0.25) is 5.69 Å². The van der Waals surface area contributed by atoms with Crippen molar-refractivity contribution >= 4 is 0 Å². The van der Waals surface area contributed by atoms with E-state index in [0.717, 1.165) is 0 Å². The molecule has 0 radical (unpaired) electrons. The fourth-order valence-corrected chi connectivity index (χ4v) is 0.584. The minimum absolute atomic E-state index is 0.0263. The maximum Gasteiger partial charge on any atom is 0.397 e. The second-order valence-corrected chi connectivity index (χ2v) is 1.64. The number of hydrogen-bond donors (Lipinski definition) is 0. The average Bonchev–Trinajstić information content (AvgIpc) is 2.46. The quantitative estimate of drug-likeness (QED) is 0.622. The predicted molar refractivity (Wildman–Crippen MR) is 34.3 cm³/mol. The summed E-state index contributed by atoms with van der Waals surface area (Å²) in [7, 11) is 2.78. The Morgan fingerprint density at radius 3 is 2.55 bits per heavy atom. The van der Waals surface area contributed by atoms with E-state index >= 15 is 0 Å². The molecule has 0 spiro atoms. The summed E-state index contributed by atoms with van der Waals surface area (Å²) < 4.78 is 14.1. The molecule has 5 heteroatoms. The molecule has 0 unspecified atom stereocenters. The van der Waals surface area contributed by atoms with Crippen molar-refractivity contribution in [3.63, 3.8) is 0 Å². The lowest BCUT2D eigenvalue weighted by atomic mass is 10.5. The van der Waals surface area contributed by atoms with Gasteiger partial charge in [-0.25, -0.2) is 0 Å². The van der Waals surface area contributed by atoms with Gasteiger partial charge in [-0.15, -0.1) is 0 Å². The summed E-state index contributed by atoms with van der Waals surface area (Å²) in [6, 6.07) is 1.79. The van der Waals surface area contributed by atoms with Gasteiger partial charge in [-0.05, 0) is 0 Å². The fraction of sp³-hybridized carbons (Fsp3) is 0.333. The molecule has 5 nitrogen and oxygen atoms in total. The Balaban J connectivity index is 3.05. The summed E-state index contributed by atoms with van der Waals surface area (Å²) in [4.78, 5) is 3.64. The Kier molecular flexibility index (Phi) is 1.97. The topological polar surface area (TPSA) is 68.3 Å². The van der Waals surface area contributed by atoms with Crippen LogP contribution >= 0.6 is 0 Å². The van der Waals surface area contributed by atoms with Crippen LogP contribution in [0.2, 0.25) is 0 Å². The summed E-state index contributed by atoms with van der Waals surface area (Å²) in [5.74, 6) is 0.0735. The lowest BCUT2D eigenvalue weighted by molar-refractivity contribution is 0.237. The molecule has 0 N–H and O–H groups in total. The molecule has 11 heavy (non-hydrogen) atoms. The van der Waals surface area contributed by atoms with E-state index in [1.807, 2.05) is 0 Å². The third-order valence-corrected chi connectivity index (χ3v) is 1.04. The van der Waals surface area contributed by atoms with Crippen LogP contribution < -0.4 is 9.47 Å². The average molecular weight is 154 g/mol. The Hall–Kier alpha value is -1.70. The SMILES string of the molecule is COc1nc(C#N)c(OC)o1. The Labute approximate surface area is 63.2 Å². The normalized spacial score (nSPS) is 8.82. The van der Waals surface area contributed by atoms with Crippen LogP contribution in [-0.4, -0.2) is 19.2 Å². The van der Waals surface area contributed by atoms with E-state index in [-0.39, 0.29) is 17.7 Å².